The lowest BCUT2D eigenvalue weighted by Crippen LogP contribution is -2.43. The van der Waals surface area contributed by atoms with E-state index < -0.39 is 11.7 Å². The van der Waals surface area contributed by atoms with Crippen LogP contribution in [-0.2, 0) is 22.5 Å². The monoisotopic (exact) mass is 328 g/mol. The van der Waals surface area contributed by atoms with Gasteiger partial charge in [-0.3, -0.25) is 4.79 Å². The van der Waals surface area contributed by atoms with Crippen molar-refractivity contribution in [2.45, 2.75) is 39.3 Å². The van der Waals surface area contributed by atoms with Gasteiger partial charge >= 0.3 is 12.0 Å². The summed E-state index contributed by atoms with van der Waals surface area (Å²) in [6, 6.07) is 7.94. The average molecular weight is 328 g/mol. The van der Waals surface area contributed by atoms with Crippen molar-refractivity contribution in [2.24, 2.45) is 0 Å². The molecular weight excluding hydrogens is 306 g/mol. The van der Waals surface area contributed by atoms with Crippen LogP contribution in [0.3, 0.4) is 0 Å². The minimum absolute atomic E-state index is 0.267. The van der Waals surface area contributed by atoms with Gasteiger partial charge in [-0.25, -0.2) is 0 Å². The smallest absolute Gasteiger partial charge is 0.406 e. The number of amides is 2. The van der Waals surface area contributed by atoms with Crippen molar-refractivity contribution >= 4 is 28.6 Å². The van der Waals surface area contributed by atoms with Crippen LogP contribution >= 0.6 is 0 Å². The molecule has 0 bridgehead atoms. The molecular formula is C18H22N3O3+. The average Bonchev–Trinajstić information content (AvgIpc) is 2.89. The topological polar surface area (TPSA) is 74.2 Å². The molecule has 0 radical (unpaired) electrons. The Kier molecular flexibility index (Phi) is 3.91. The van der Waals surface area contributed by atoms with Crippen LogP contribution in [0.2, 0.25) is 0 Å². The van der Waals surface area contributed by atoms with Gasteiger partial charge in [0.1, 0.15) is 5.60 Å². The van der Waals surface area contributed by atoms with E-state index in [9.17, 15) is 9.59 Å². The number of benzene rings is 1. The number of aromatic nitrogens is 1. The second-order valence-corrected chi connectivity index (χ2v) is 6.90. The molecule has 2 aromatic rings. The maximum Gasteiger partial charge on any atom is 0.597 e. The fraction of sp³-hybridized carbons (Fsp3) is 0.389. The Morgan fingerprint density at radius 1 is 1.25 bits per heavy atom. The van der Waals surface area contributed by atoms with Crippen LogP contribution in [0.1, 0.15) is 32.0 Å². The van der Waals surface area contributed by atoms with Crippen LogP contribution in [0.5, 0.6) is 0 Å². The Labute approximate surface area is 140 Å². The molecule has 1 aliphatic heterocycles. The second kappa shape index (κ2) is 5.78. The summed E-state index contributed by atoms with van der Waals surface area (Å²) in [7, 11) is 1.56. The first kappa shape index (κ1) is 16.2. The molecule has 2 heterocycles. The number of hydrogen-bond donors (Lipinski definition) is 2. The SMILES string of the molecule is CNC(=O)C1=[N+](C(=O)OC(C)(C)C)Cc2[nH]c3ccccc3c2C1. The highest BCUT2D eigenvalue weighted by atomic mass is 16.6. The van der Waals surface area contributed by atoms with Gasteiger partial charge in [0, 0.05) is 18.0 Å². The van der Waals surface area contributed by atoms with Gasteiger partial charge in [-0.15, -0.1) is 4.58 Å². The van der Waals surface area contributed by atoms with Gasteiger partial charge in [-0.1, -0.05) is 18.2 Å². The van der Waals surface area contributed by atoms with Crippen molar-refractivity contribution in [1.29, 1.82) is 0 Å². The van der Waals surface area contributed by atoms with E-state index >= 15 is 0 Å². The summed E-state index contributed by atoms with van der Waals surface area (Å²) >= 11 is 0. The van der Waals surface area contributed by atoms with Crippen molar-refractivity contribution in [3.8, 4) is 0 Å². The molecule has 6 heteroatoms. The number of carbonyl (C=O) groups is 2. The zero-order chi connectivity index (χ0) is 17.5. The molecule has 2 N–H and O–H groups in total. The minimum Gasteiger partial charge on any atom is -0.406 e. The summed E-state index contributed by atoms with van der Waals surface area (Å²) in [5.74, 6) is -0.267. The third-order valence-electron chi connectivity index (χ3n) is 3.99. The van der Waals surface area contributed by atoms with Crippen LogP contribution in [0.15, 0.2) is 24.3 Å². The summed E-state index contributed by atoms with van der Waals surface area (Å²) in [5, 5.41) is 3.70. The zero-order valence-corrected chi connectivity index (χ0v) is 14.4. The first-order valence-corrected chi connectivity index (χ1v) is 7.97. The molecule has 0 aliphatic carbocycles. The van der Waals surface area contributed by atoms with E-state index in [1.807, 2.05) is 45.0 Å². The zero-order valence-electron chi connectivity index (χ0n) is 14.4. The van der Waals surface area contributed by atoms with Gasteiger partial charge in [0.15, 0.2) is 6.54 Å². The third-order valence-corrected chi connectivity index (χ3v) is 3.99. The summed E-state index contributed by atoms with van der Waals surface area (Å²) in [4.78, 5) is 28.2. The van der Waals surface area contributed by atoms with E-state index in [1.165, 1.54) is 4.58 Å². The standard InChI is InChI=1S/C18H21N3O3/c1-18(2,3)24-17(23)21-10-14-12(9-15(21)16(22)19-4)11-7-5-6-8-13(11)20-14/h5-8,20H,9-10H2,1-4H3/p+1. The van der Waals surface area contributed by atoms with Gasteiger partial charge in [0.25, 0.3) is 5.71 Å². The molecule has 2 amide bonds. The minimum atomic E-state index is -0.619. The molecule has 1 aromatic carbocycles. The van der Waals surface area contributed by atoms with Crippen molar-refractivity contribution < 1.29 is 18.9 Å². The van der Waals surface area contributed by atoms with Gasteiger partial charge in [0.2, 0.25) is 0 Å². The molecule has 0 spiro atoms. The predicted octanol–water partition coefficient (Wildman–Crippen LogP) is 2.36. The predicted molar refractivity (Wildman–Crippen MR) is 91.3 cm³/mol. The summed E-state index contributed by atoms with van der Waals surface area (Å²) in [5.41, 5.74) is 2.79. The molecule has 0 saturated heterocycles. The molecule has 3 rings (SSSR count). The summed E-state index contributed by atoms with van der Waals surface area (Å²) in [6.07, 6.45) is -0.122. The fourth-order valence-electron chi connectivity index (χ4n) is 2.95. The lowest BCUT2D eigenvalue weighted by Gasteiger charge is -2.19. The Morgan fingerprint density at radius 3 is 2.62 bits per heavy atom. The Morgan fingerprint density at radius 2 is 1.96 bits per heavy atom. The van der Waals surface area contributed by atoms with E-state index in [2.05, 4.69) is 10.3 Å². The van der Waals surface area contributed by atoms with E-state index in [1.54, 1.807) is 7.05 Å². The van der Waals surface area contributed by atoms with Crippen LogP contribution in [0, 0.1) is 0 Å². The Hall–Kier alpha value is -2.63. The molecule has 0 saturated carbocycles. The molecule has 0 atom stereocenters. The highest BCUT2D eigenvalue weighted by molar-refractivity contribution is 6.38. The van der Waals surface area contributed by atoms with Crippen molar-refractivity contribution in [1.82, 2.24) is 10.3 Å². The van der Waals surface area contributed by atoms with E-state index in [0.29, 0.717) is 18.7 Å². The van der Waals surface area contributed by atoms with Gasteiger partial charge in [0.05, 0.1) is 12.1 Å². The van der Waals surface area contributed by atoms with Gasteiger partial charge in [-0.05, 0) is 32.4 Å². The molecule has 0 fully saturated rings. The highest BCUT2D eigenvalue weighted by Gasteiger charge is 2.38. The maximum atomic E-state index is 12.6. The van der Waals surface area contributed by atoms with Gasteiger partial charge < -0.3 is 15.0 Å². The maximum absolute atomic E-state index is 12.6. The first-order chi connectivity index (χ1) is 11.3. The molecule has 0 unspecified atom stereocenters. The van der Waals surface area contributed by atoms with Crippen molar-refractivity contribution in [3.63, 3.8) is 0 Å². The molecule has 24 heavy (non-hydrogen) atoms. The number of nitrogens with one attached hydrogen (secondary N) is 2. The van der Waals surface area contributed by atoms with Crippen LogP contribution in [0.4, 0.5) is 4.79 Å². The number of aromatic amines is 1. The largest absolute Gasteiger partial charge is 0.597 e. The van der Waals surface area contributed by atoms with E-state index in [0.717, 1.165) is 22.2 Å². The van der Waals surface area contributed by atoms with Crippen LogP contribution in [-0.4, -0.2) is 39.9 Å². The van der Waals surface area contributed by atoms with Crippen molar-refractivity contribution in [3.05, 3.63) is 35.5 Å². The van der Waals surface area contributed by atoms with Crippen LogP contribution in [0.25, 0.3) is 10.9 Å². The van der Waals surface area contributed by atoms with E-state index in [-0.39, 0.29) is 5.91 Å². The normalized spacial score (nSPS) is 14.5. The summed E-state index contributed by atoms with van der Waals surface area (Å²) in [6.45, 7) is 5.72. The van der Waals surface area contributed by atoms with E-state index in [4.69, 9.17) is 4.74 Å². The lowest BCUT2D eigenvalue weighted by atomic mass is 10.0. The number of ether oxygens (including phenoxy) is 1. The van der Waals surface area contributed by atoms with Crippen LogP contribution < -0.4 is 5.32 Å². The fourth-order valence-corrected chi connectivity index (χ4v) is 2.95. The quantitative estimate of drug-likeness (QED) is 0.789. The lowest BCUT2D eigenvalue weighted by molar-refractivity contribution is -0.469. The number of nitrogens with zero attached hydrogens (tertiary/aromatic N) is 1. The number of rotatable bonds is 1. The molecule has 126 valence electrons. The molecule has 1 aliphatic rings. The number of carbonyl (C=O) groups excluding carboxylic acids is 2. The number of fused-ring (bicyclic) bond motifs is 3. The number of para-hydroxylation sites is 1. The first-order valence-electron chi connectivity index (χ1n) is 7.97. The van der Waals surface area contributed by atoms with Gasteiger partial charge in [-0.2, -0.15) is 4.79 Å². The molecule has 1 aromatic heterocycles. The highest BCUT2D eigenvalue weighted by Crippen LogP contribution is 2.27. The second-order valence-electron chi connectivity index (χ2n) is 6.90. The molecule has 6 nitrogen and oxygen atoms in total. The Balaban J connectivity index is 2.06. The number of hydrogen-bond acceptors (Lipinski definition) is 3. The third kappa shape index (κ3) is 2.91. The van der Waals surface area contributed by atoms with Crippen molar-refractivity contribution in [2.75, 3.05) is 7.05 Å². The summed E-state index contributed by atoms with van der Waals surface area (Å²) < 4.78 is 6.88. The Bertz CT molecular complexity index is 856. The number of H-pyrrole nitrogens is 1.